The maximum atomic E-state index is 2.27. The van der Waals surface area contributed by atoms with Gasteiger partial charge in [-0.2, -0.15) is 0 Å². The molecule has 2 aromatic carbocycles. The van der Waals surface area contributed by atoms with E-state index in [-0.39, 0.29) is 7.92 Å². The molecule has 0 aliphatic carbocycles. The summed E-state index contributed by atoms with van der Waals surface area (Å²) in [6.45, 7) is 1.17. The molecule has 2 rings (SSSR count). The van der Waals surface area contributed by atoms with E-state index in [0.717, 1.165) is 0 Å². The smallest absolute Gasteiger partial charge is 0.00213 e. The van der Waals surface area contributed by atoms with E-state index in [4.69, 9.17) is 0 Å². The number of hydrogen-bond acceptors (Lipinski definition) is 1. The lowest BCUT2D eigenvalue weighted by atomic mass is 10.4. The van der Waals surface area contributed by atoms with Gasteiger partial charge >= 0.3 is 0 Å². The van der Waals surface area contributed by atoms with Gasteiger partial charge in [-0.25, -0.2) is 0 Å². The van der Waals surface area contributed by atoms with Crippen LogP contribution in [0, 0.1) is 0 Å². The molecular formula is C17H22NP. The molecule has 0 aliphatic heterocycles. The summed E-state index contributed by atoms with van der Waals surface area (Å²) in [7, 11) is 4.08. The van der Waals surface area contributed by atoms with E-state index in [2.05, 4.69) is 79.7 Å². The normalized spacial score (nSPS) is 11.2. The first-order valence-electron chi connectivity index (χ1n) is 6.80. The Morgan fingerprint density at radius 1 is 0.789 bits per heavy atom. The van der Waals surface area contributed by atoms with Crippen molar-refractivity contribution in [2.45, 2.75) is 6.42 Å². The van der Waals surface area contributed by atoms with Crippen LogP contribution in [0.3, 0.4) is 0 Å². The first kappa shape index (κ1) is 14.2. The highest BCUT2D eigenvalue weighted by Crippen LogP contribution is 2.33. The van der Waals surface area contributed by atoms with E-state index in [1.54, 1.807) is 0 Å². The second kappa shape index (κ2) is 7.43. The zero-order valence-corrected chi connectivity index (χ0v) is 12.7. The maximum absolute atomic E-state index is 2.27. The van der Waals surface area contributed by atoms with Crippen LogP contribution in [0.4, 0.5) is 0 Å². The molecule has 0 saturated heterocycles. The van der Waals surface area contributed by atoms with Gasteiger partial charge in [-0.3, -0.25) is 0 Å². The average Bonchev–Trinajstić information content (AvgIpc) is 2.45. The topological polar surface area (TPSA) is 3.24 Å². The quantitative estimate of drug-likeness (QED) is 0.730. The third kappa shape index (κ3) is 4.45. The molecule has 0 spiro atoms. The highest BCUT2D eigenvalue weighted by Gasteiger charge is 2.12. The summed E-state index contributed by atoms with van der Waals surface area (Å²) in [4.78, 5) is 2.27. The van der Waals surface area contributed by atoms with Crippen molar-refractivity contribution in [3.63, 3.8) is 0 Å². The summed E-state index contributed by atoms with van der Waals surface area (Å²) in [5, 5.41) is 2.98. The van der Waals surface area contributed by atoms with Gasteiger partial charge in [-0.1, -0.05) is 60.7 Å². The molecule has 19 heavy (non-hydrogen) atoms. The molecule has 0 saturated carbocycles. The Hall–Kier alpha value is -1.17. The molecule has 0 unspecified atom stereocenters. The highest BCUT2D eigenvalue weighted by molar-refractivity contribution is 7.73. The van der Waals surface area contributed by atoms with Crippen LogP contribution in [0.2, 0.25) is 0 Å². The average molecular weight is 271 g/mol. The third-order valence-corrected chi connectivity index (χ3v) is 5.73. The van der Waals surface area contributed by atoms with Crippen molar-refractivity contribution in [1.82, 2.24) is 4.90 Å². The second-order valence-electron chi connectivity index (χ2n) is 4.98. The van der Waals surface area contributed by atoms with Crippen LogP contribution in [-0.4, -0.2) is 31.7 Å². The standard InChI is InChI=1S/C17H22NP/c1-18(2)14-9-15-19(16-10-5-3-6-11-16)17-12-7-4-8-13-17/h3-8,10-13H,9,14-15H2,1-2H3. The lowest BCUT2D eigenvalue weighted by molar-refractivity contribution is 0.410. The van der Waals surface area contributed by atoms with Gasteiger partial charge in [0.25, 0.3) is 0 Å². The van der Waals surface area contributed by atoms with Gasteiger partial charge in [0.1, 0.15) is 0 Å². The molecule has 0 heterocycles. The summed E-state index contributed by atoms with van der Waals surface area (Å²) in [6.07, 6.45) is 2.52. The van der Waals surface area contributed by atoms with Crippen LogP contribution in [-0.2, 0) is 0 Å². The van der Waals surface area contributed by atoms with E-state index >= 15 is 0 Å². The molecular weight excluding hydrogens is 249 g/mol. The SMILES string of the molecule is CN(C)CCCP(c1ccccc1)c1ccccc1. The lowest BCUT2D eigenvalue weighted by Gasteiger charge is -2.19. The summed E-state index contributed by atoms with van der Waals surface area (Å²) in [5.41, 5.74) is 0. The van der Waals surface area contributed by atoms with Crippen molar-refractivity contribution in [3.05, 3.63) is 60.7 Å². The van der Waals surface area contributed by atoms with E-state index in [1.165, 1.54) is 29.7 Å². The lowest BCUT2D eigenvalue weighted by Crippen LogP contribution is -2.18. The molecule has 2 aromatic rings. The molecule has 1 nitrogen and oxygen atoms in total. The Morgan fingerprint density at radius 2 is 1.26 bits per heavy atom. The minimum Gasteiger partial charge on any atom is -0.309 e. The van der Waals surface area contributed by atoms with Gasteiger partial charge < -0.3 is 4.90 Å². The minimum atomic E-state index is -0.208. The number of benzene rings is 2. The monoisotopic (exact) mass is 271 g/mol. The second-order valence-corrected chi connectivity index (χ2v) is 7.32. The molecule has 0 atom stereocenters. The molecule has 0 bridgehead atoms. The zero-order valence-electron chi connectivity index (χ0n) is 11.8. The third-order valence-electron chi connectivity index (χ3n) is 3.12. The minimum absolute atomic E-state index is 0.208. The summed E-state index contributed by atoms with van der Waals surface area (Å²) >= 11 is 0. The van der Waals surface area contributed by atoms with Crippen LogP contribution in [0.5, 0.6) is 0 Å². The molecule has 2 heteroatoms. The fraction of sp³-hybridized carbons (Fsp3) is 0.294. The highest BCUT2D eigenvalue weighted by atomic mass is 31.1. The van der Waals surface area contributed by atoms with Gasteiger partial charge in [0.2, 0.25) is 0 Å². The van der Waals surface area contributed by atoms with E-state index in [9.17, 15) is 0 Å². The summed E-state index contributed by atoms with van der Waals surface area (Å²) < 4.78 is 0. The van der Waals surface area contributed by atoms with Crippen molar-refractivity contribution in [3.8, 4) is 0 Å². The molecule has 0 N–H and O–H groups in total. The Balaban J connectivity index is 2.14. The van der Waals surface area contributed by atoms with E-state index in [1.807, 2.05) is 0 Å². The molecule has 0 amide bonds. The van der Waals surface area contributed by atoms with E-state index in [0.29, 0.717) is 0 Å². The van der Waals surface area contributed by atoms with Crippen LogP contribution in [0.25, 0.3) is 0 Å². The molecule has 0 aromatic heterocycles. The van der Waals surface area contributed by atoms with Crippen LogP contribution >= 0.6 is 7.92 Å². The number of rotatable bonds is 6. The van der Waals surface area contributed by atoms with Gasteiger partial charge in [0.05, 0.1) is 0 Å². The molecule has 100 valence electrons. The van der Waals surface area contributed by atoms with Crippen molar-refractivity contribution in [2.24, 2.45) is 0 Å². The number of hydrogen-bond donors (Lipinski definition) is 0. The van der Waals surface area contributed by atoms with Crippen molar-refractivity contribution in [1.29, 1.82) is 0 Å². The maximum Gasteiger partial charge on any atom is -0.00213 e. The van der Waals surface area contributed by atoms with Crippen LogP contribution in [0.1, 0.15) is 6.42 Å². The van der Waals surface area contributed by atoms with Gasteiger partial charge in [-0.05, 0) is 51.8 Å². The Morgan fingerprint density at radius 3 is 1.68 bits per heavy atom. The van der Waals surface area contributed by atoms with Gasteiger partial charge in [0, 0.05) is 0 Å². The van der Waals surface area contributed by atoms with Crippen molar-refractivity contribution < 1.29 is 0 Å². The fourth-order valence-electron chi connectivity index (χ4n) is 2.17. The Bertz CT molecular complexity index is 428. The molecule has 0 radical (unpaired) electrons. The first-order valence-corrected chi connectivity index (χ1v) is 8.32. The summed E-state index contributed by atoms with van der Waals surface area (Å²) in [5.74, 6) is 0. The van der Waals surface area contributed by atoms with E-state index < -0.39 is 0 Å². The van der Waals surface area contributed by atoms with Crippen LogP contribution < -0.4 is 10.6 Å². The first-order chi connectivity index (χ1) is 9.27. The molecule has 0 aliphatic rings. The fourth-order valence-corrected chi connectivity index (χ4v) is 4.50. The van der Waals surface area contributed by atoms with Crippen molar-refractivity contribution >= 4 is 18.5 Å². The summed E-state index contributed by atoms with van der Waals surface area (Å²) in [6, 6.07) is 21.9. The number of nitrogens with zero attached hydrogens (tertiary/aromatic N) is 1. The van der Waals surface area contributed by atoms with Crippen molar-refractivity contribution in [2.75, 3.05) is 26.8 Å². The van der Waals surface area contributed by atoms with Gasteiger partial charge in [-0.15, -0.1) is 0 Å². The largest absolute Gasteiger partial charge is 0.309 e. The van der Waals surface area contributed by atoms with Crippen LogP contribution in [0.15, 0.2) is 60.7 Å². The molecule has 0 fully saturated rings. The zero-order chi connectivity index (χ0) is 13.5. The Kier molecular flexibility index (Phi) is 5.57. The predicted molar refractivity (Wildman–Crippen MR) is 87.1 cm³/mol. The van der Waals surface area contributed by atoms with Gasteiger partial charge in [0.15, 0.2) is 0 Å². The predicted octanol–water partition coefficient (Wildman–Crippen LogP) is 3.07. The Labute approximate surface area is 118 Å².